The van der Waals surface area contributed by atoms with Crippen molar-refractivity contribution in [3.8, 4) is 0 Å². The second-order valence-corrected chi connectivity index (χ2v) is 21.1. The Morgan fingerprint density at radius 1 is 0.577 bits per heavy atom. The molecule has 17 nitrogen and oxygen atoms in total. The molecule has 2 aliphatic rings. The summed E-state index contributed by atoms with van der Waals surface area (Å²) < 4.78 is 35.9. The lowest BCUT2D eigenvalue weighted by atomic mass is 9.91. The van der Waals surface area contributed by atoms with Crippen molar-refractivity contribution >= 4 is 23.6 Å². The lowest BCUT2D eigenvalue weighted by molar-refractivity contribution is -0.351. The Morgan fingerprint density at radius 3 is 1.63 bits per heavy atom. The summed E-state index contributed by atoms with van der Waals surface area (Å²) >= 11 is 0. The van der Waals surface area contributed by atoms with E-state index in [1.165, 1.54) is 0 Å². The van der Waals surface area contributed by atoms with Crippen LogP contribution in [0.15, 0.2) is 0 Å². The largest absolute Gasteiger partial charge is 0.462 e. The first kappa shape index (κ1) is 64.8. The summed E-state index contributed by atoms with van der Waals surface area (Å²) in [4.78, 5) is 54.2. The third-order valence-electron chi connectivity index (χ3n) is 14.1. The lowest BCUT2D eigenvalue weighted by Crippen LogP contribution is -2.62. The summed E-state index contributed by atoms with van der Waals surface area (Å²) in [5.41, 5.74) is 0. The SMILES string of the molecule is CCCCCCCC(COC1OC(C)C(O)C(OC2OC(C)C(C)C(O)C2O)C1O)CC(=O)OC(CCCCCCC)CC(=O)OC(CCCCCCC)CC(=O)CC(CO)C(=O)NC(CO)CC(C)C. The number of carbonyl (C=O) groups is 4. The zero-order valence-corrected chi connectivity index (χ0v) is 44.9. The van der Waals surface area contributed by atoms with Gasteiger partial charge in [-0.05, 0) is 64.2 Å². The number of ketones is 1. The summed E-state index contributed by atoms with van der Waals surface area (Å²) in [6.07, 6.45) is 3.52. The zero-order chi connectivity index (χ0) is 52.9. The van der Waals surface area contributed by atoms with Crippen LogP contribution in [0.5, 0.6) is 0 Å². The van der Waals surface area contributed by atoms with E-state index in [0.29, 0.717) is 25.7 Å². The Hall–Kier alpha value is -2.32. The number of hydrogen-bond acceptors (Lipinski definition) is 16. The van der Waals surface area contributed by atoms with Crippen molar-refractivity contribution in [2.75, 3.05) is 19.8 Å². The number of Topliss-reactive ketones (excluding diaryl/α,β-unsaturated/α-hetero) is 1. The zero-order valence-electron chi connectivity index (χ0n) is 44.9. The van der Waals surface area contributed by atoms with E-state index in [2.05, 4.69) is 26.1 Å². The third kappa shape index (κ3) is 25.2. The van der Waals surface area contributed by atoms with E-state index < -0.39 is 104 Å². The molecule has 0 radical (unpaired) electrons. The monoisotopic (exact) mass is 1020 g/mol. The van der Waals surface area contributed by atoms with Gasteiger partial charge in [0, 0.05) is 18.8 Å². The van der Waals surface area contributed by atoms with Crippen LogP contribution in [0.3, 0.4) is 0 Å². The number of rotatable bonds is 39. The molecule has 0 saturated carbocycles. The molecule has 0 spiro atoms. The minimum absolute atomic E-state index is 0.00753. The van der Waals surface area contributed by atoms with Gasteiger partial charge in [-0.2, -0.15) is 0 Å². The van der Waals surface area contributed by atoms with Gasteiger partial charge in [-0.15, -0.1) is 0 Å². The molecule has 0 aromatic rings. The molecule has 2 heterocycles. The van der Waals surface area contributed by atoms with E-state index >= 15 is 0 Å². The smallest absolute Gasteiger partial charge is 0.309 e. The molecular formula is C54H99NO16. The fourth-order valence-corrected chi connectivity index (χ4v) is 9.41. The highest BCUT2D eigenvalue weighted by molar-refractivity contribution is 5.87. The number of amides is 1. The van der Waals surface area contributed by atoms with E-state index in [1.807, 2.05) is 13.8 Å². The minimum atomic E-state index is -1.52. The standard InChI is InChI=1S/C54H99NO16/c1-9-12-15-18-21-24-39(34-66-53-50(64)51(48(62)38(8)68-53)71-54-49(63)47(61)36(6)37(7)67-54)28-45(59)70-44(26-23-20-17-14-11-3)31-46(60)69-43(25-22-19-16-13-10-2)30-42(58)29-40(32-56)52(65)55-41(33-57)27-35(4)5/h35-41,43-44,47-51,53-54,56-57,61-64H,9-34H2,1-8H3,(H,55,65). The van der Waals surface area contributed by atoms with Crippen LogP contribution >= 0.6 is 0 Å². The summed E-state index contributed by atoms with van der Waals surface area (Å²) in [6, 6.07) is -0.504. The van der Waals surface area contributed by atoms with Crippen molar-refractivity contribution in [1.29, 1.82) is 0 Å². The second-order valence-electron chi connectivity index (χ2n) is 21.1. The van der Waals surface area contributed by atoms with Gasteiger partial charge >= 0.3 is 11.9 Å². The fraction of sp³-hybridized carbons (Fsp3) is 0.926. The van der Waals surface area contributed by atoms with Crippen molar-refractivity contribution < 1.29 is 78.2 Å². The number of aliphatic hydroxyl groups is 6. The molecule has 71 heavy (non-hydrogen) atoms. The Bertz CT molecular complexity index is 1450. The average molecular weight is 1020 g/mol. The van der Waals surface area contributed by atoms with Gasteiger partial charge in [-0.1, -0.05) is 125 Å². The van der Waals surface area contributed by atoms with Crippen LogP contribution < -0.4 is 5.32 Å². The molecule has 2 rings (SSSR count). The van der Waals surface area contributed by atoms with Crippen molar-refractivity contribution in [3.63, 3.8) is 0 Å². The highest BCUT2D eigenvalue weighted by atomic mass is 16.7. The fourth-order valence-electron chi connectivity index (χ4n) is 9.41. The first-order valence-corrected chi connectivity index (χ1v) is 27.6. The maximum Gasteiger partial charge on any atom is 0.309 e. The van der Waals surface area contributed by atoms with E-state index in [0.717, 1.165) is 96.3 Å². The topological polar surface area (TPSA) is 257 Å². The molecule has 2 saturated heterocycles. The number of esters is 2. The molecule has 15 unspecified atom stereocenters. The normalized spacial score (nSPS) is 26.9. The van der Waals surface area contributed by atoms with E-state index in [4.69, 9.17) is 28.4 Å². The molecule has 2 aliphatic heterocycles. The third-order valence-corrected chi connectivity index (χ3v) is 14.1. The number of aliphatic hydroxyl groups excluding tert-OH is 6. The molecular weight excluding hydrogens is 919 g/mol. The molecule has 0 aromatic heterocycles. The number of ether oxygens (including phenoxy) is 6. The van der Waals surface area contributed by atoms with Crippen LogP contribution in [-0.2, 0) is 47.6 Å². The predicted molar refractivity (Wildman–Crippen MR) is 269 cm³/mol. The highest BCUT2D eigenvalue weighted by Crippen LogP contribution is 2.32. The molecule has 0 aromatic carbocycles. The van der Waals surface area contributed by atoms with Crippen LogP contribution in [0.1, 0.15) is 203 Å². The molecule has 2 fully saturated rings. The van der Waals surface area contributed by atoms with Gasteiger partial charge in [0.05, 0.1) is 62.9 Å². The molecule has 1 amide bonds. The van der Waals surface area contributed by atoms with Crippen molar-refractivity contribution in [2.45, 2.75) is 277 Å². The van der Waals surface area contributed by atoms with Crippen LogP contribution in [0.4, 0.5) is 0 Å². The van der Waals surface area contributed by atoms with Gasteiger partial charge in [0.1, 0.15) is 42.4 Å². The van der Waals surface area contributed by atoms with Gasteiger partial charge in [-0.3, -0.25) is 19.2 Å². The van der Waals surface area contributed by atoms with Crippen molar-refractivity contribution in [1.82, 2.24) is 5.32 Å². The second kappa shape index (κ2) is 36.6. The van der Waals surface area contributed by atoms with Crippen LogP contribution in [0, 0.1) is 23.7 Å². The van der Waals surface area contributed by atoms with Crippen LogP contribution in [0.2, 0.25) is 0 Å². The van der Waals surface area contributed by atoms with E-state index in [9.17, 15) is 49.8 Å². The molecule has 15 atom stereocenters. The summed E-state index contributed by atoms with van der Waals surface area (Å²) in [5.74, 6) is -3.53. The lowest BCUT2D eigenvalue weighted by Gasteiger charge is -2.46. The first-order chi connectivity index (χ1) is 33.9. The van der Waals surface area contributed by atoms with Crippen LogP contribution in [-0.4, -0.2) is 148 Å². The quantitative estimate of drug-likeness (QED) is 0.0249. The van der Waals surface area contributed by atoms with Gasteiger partial charge in [0.2, 0.25) is 5.91 Å². The highest BCUT2D eigenvalue weighted by Gasteiger charge is 2.49. The Morgan fingerprint density at radius 2 is 1.10 bits per heavy atom. The Kier molecular flexibility index (Phi) is 33.4. The molecule has 17 heteroatoms. The molecule has 416 valence electrons. The average Bonchev–Trinajstić information content (AvgIpc) is 3.32. The summed E-state index contributed by atoms with van der Waals surface area (Å²) in [5, 5.41) is 66.4. The van der Waals surface area contributed by atoms with Crippen molar-refractivity contribution in [3.05, 3.63) is 0 Å². The Labute approximate surface area is 426 Å². The Balaban J connectivity index is 2.22. The maximum absolute atomic E-state index is 13.9. The van der Waals surface area contributed by atoms with Gasteiger partial charge in [0.25, 0.3) is 0 Å². The number of carbonyl (C=O) groups excluding carboxylic acids is 4. The summed E-state index contributed by atoms with van der Waals surface area (Å²) in [7, 11) is 0. The molecule has 7 N–H and O–H groups in total. The predicted octanol–water partition coefficient (Wildman–Crippen LogP) is 6.74. The minimum Gasteiger partial charge on any atom is -0.462 e. The first-order valence-electron chi connectivity index (χ1n) is 27.6. The number of nitrogens with one attached hydrogen (secondary N) is 1. The van der Waals surface area contributed by atoms with E-state index in [-0.39, 0.29) is 62.4 Å². The van der Waals surface area contributed by atoms with Crippen molar-refractivity contribution in [2.24, 2.45) is 23.7 Å². The molecule has 0 bridgehead atoms. The number of hydrogen-bond donors (Lipinski definition) is 7. The van der Waals surface area contributed by atoms with Gasteiger partial charge in [0.15, 0.2) is 12.6 Å². The van der Waals surface area contributed by atoms with Gasteiger partial charge in [-0.25, -0.2) is 0 Å². The van der Waals surface area contributed by atoms with E-state index in [1.54, 1.807) is 20.8 Å². The number of unbranched alkanes of at least 4 members (excludes halogenated alkanes) is 12. The summed E-state index contributed by atoms with van der Waals surface area (Å²) in [6.45, 7) is 14.5. The molecule has 0 aliphatic carbocycles. The maximum atomic E-state index is 13.9. The van der Waals surface area contributed by atoms with Gasteiger partial charge < -0.3 is 64.4 Å². The van der Waals surface area contributed by atoms with Crippen LogP contribution in [0.25, 0.3) is 0 Å².